The molecule has 3 rings (SSSR count). The lowest BCUT2D eigenvalue weighted by Gasteiger charge is -2.35. The number of para-hydroxylation sites is 2. The largest absolute Gasteiger partial charge is 0.495 e. The topological polar surface area (TPSA) is 59.4 Å². The Kier molecular flexibility index (Phi) is 4.50. The highest BCUT2D eigenvalue weighted by molar-refractivity contribution is 5.93. The molecule has 1 N–H and O–H groups in total. The first-order chi connectivity index (χ1) is 11.2. The molecular formula is C17H22N4O2. The molecule has 1 aliphatic rings. The smallest absolute Gasteiger partial charge is 0.254 e. The highest BCUT2D eigenvalue weighted by Gasteiger charge is 2.24. The molecule has 1 aromatic carbocycles. The lowest BCUT2D eigenvalue weighted by atomic mass is 10.0. The van der Waals surface area contributed by atoms with E-state index in [0.29, 0.717) is 5.56 Å². The number of nitrogens with one attached hydrogen (secondary N) is 1. The molecule has 0 radical (unpaired) electrons. The average Bonchev–Trinajstić information content (AvgIpc) is 3.02. The molecule has 6 heteroatoms. The summed E-state index contributed by atoms with van der Waals surface area (Å²) in [5, 5.41) is 7.16. The molecule has 0 spiro atoms. The third-order valence-corrected chi connectivity index (χ3v) is 4.15. The summed E-state index contributed by atoms with van der Waals surface area (Å²) in [7, 11) is 3.49. The van der Waals surface area contributed by atoms with Crippen molar-refractivity contribution < 1.29 is 9.53 Å². The van der Waals surface area contributed by atoms with Crippen molar-refractivity contribution in [3.63, 3.8) is 0 Å². The molecule has 1 fully saturated rings. The van der Waals surface area contributed by atoms with Crippen LogP contribution in [0.5, 0.6) is 5.75 Å². The quantitative estimate of drug-likeness (QED) is 0.935. The van der Waals surface area contributed by atoms with E-state index in [4.69, 9.17) is 4.74 Å². The van der Waals surface area contributed by atoms with Crippen molar-refractivity contribution in [1.82, 2.24) is 15.1 Å². The predicted octanol–water partition coefficient (Wildman–Crippen LogP) is 1.83. The van der Waals surface area contributed by atoms with Crippen LogP contribution in [0.3, 0.4) is 0 Å². The molecule has 6 nitrogen and oxygen atoms in total. The third-order valence-electron chi connectivity index (χ3n) is 4.15. The Morgan fingerprint density at radius 1 is 1.39 bits per heavy atom. The number of aryl methyl sites for hydroxylation is 1. The van der Waals surface area contributed by atoms with Gasteiger partial charge in [-0.3, -0.25) is 9.48 Å². The predicted molar refractivity (Wildman–Crippen MR) is 88.9 cm³/mol. The van der Waals surface area contributed by atoms with E-state index < -0.39 is 0 Å². The Bertz CT molecular complexity index is 683. The number of piperidine rings is 1. The van der Waals surface area contributed by atoms with Crippen LogP contribution in [0.2, 0.25) is 0 Å². The number of methoxy groups -OCH3 is 1. The summed E-state index contributed by atoms with van der Waals surface area (Å²) in [6.45, 7) is 1.76. The summed E-state index contributed by atoms with van der Waals surface area (Å²) in [6, 6.07) is 8.13. The van der Waals surface area contributed by atoms with Crippen LogP contribution in [0.4, 0.5) is 5.69 Å². The fourth-order valence-electron chi connectivity index (χ4n) is 3.01. The second kappa shape index (κ2) is 6.73. The van der Waals surface area contributed by atoms with Gasteiger partial charge in [0.25, 0.3) is 5.91 Å². The zero-order chi connectivity index (χ0) is 16.2. The number of hydrogen-bond acceptors (Lipinski definition) is 4. The molecule has 0 saturated carbocycles. The van der Waals surface area contributed by atoms with Crippen LogP contribution in [-0.4, -0.2) is 41.9 Å². The second-order valence-electron chi connectivity index (χ2n) is 5.83. The Morgan fingerprint density at radius 3 is 2.96 bits per heavy atom. The van der Waals surface area contributed by atoms with Crippen LogP contribution < -0.4 is 15.0 Å². The highest BCUT2D eigenvalue weighted by atomic mass is 16.5. The number of aromatic nitrogens is 2. The molecule has 1 atom stereocenters. The Balaban J connectivity index is 1.67. The fourth-order valence-corrected chi connectivity index (χ4v) is 3.01. The second-order valence-corrected chi connectivity index (χ2v) is 5.83. The molecule has 1 amide bonds. The van der Waals surface area contributed by atoms with Crippen molar-refractivity contribution in [2.45, 2.75) is 18.9 Å². The first-order valence-corrected chi connectivity index (χ1v) is 7.85. The molecule has 0 bridgehead atoms. The van der Waals surface area contributed by atoms with Gasteiger partial charge < -0.3 is 15.0 Å². The Morgan fingerprint density at radius 2 is 2.22 bits per heavy atom. The summed E-state index contributed by atoms with van der Waals surface area (Å²) in [5.41, 5.74) is 1.68. The van der Waals surface area contributed by atoms with Crippen LogP contribution in [0.15, 0.2) is 36.7 Å². The maximum atomic E-state index is 12.3. The minimum Gasteiger partial charge on any atom is -0.495 e. The standard InChI is InChI=1S/C17H22N4O2/c1-20-11-13(10-18-20)17(22)19-14-6-5-9-21(12-14)15-7-3-4-8-16(15)23-2/h3-4,7-8,10-11,14H,5-6,9,12H2,1-2H3,(H,19,22)/t14-/m1/s1. The summed E-state index contributed by atoms with van der Waals surface area (Å²) >= 11 is 0. The summed E-state index contributed by atoms with van der Waals surface area (Å²) in [6.07, 6.45) is 5.35. The van der Waals surface area contributed by atoms with Crippen molar-refractivity contribution in [3.05, 3.63) is 42.2 Å². The molecule has 23 heavy (non-hydrogen) atoms. The molecule has 1 saturated heterocycles. The number of rotatable bonds is 4. The number of anilines is 1. The number of nitrogens with zero attached hydrogens (tertiary/aromatic N) is 3. The number of ether oxygens (including phenoxy) is 1. The Labute approximate surface area is 136 Å². The molecule has 0 unspecified atom stereocenters. The van der Waals surface area contributed by atoms with Gasteiger partial charge in [-0.1, -0.05) is 12.1 Å². The van der Waals surface area contributed by atoms with Gasteiger partial charge in [-0.25, -0.2) is 0 Å². The van der Waals surface area contributed by atoms with Gasteiger partial charge in [-0.05, 0) is 25.0 Å². The van der Waals surface area contributed by atoms with E-state index in [9.17, 15) is 4.79 Å². The van der Waals surface area contributed by atoms with Crippen molar-refractivity contribution in [2.75, 3.05) is 25.1 Å². The average molecular weight is 314 g/mol. The van der Waals surface area contributed by atoms with E-state index in [1.807, 2.05) is 18.2 Å². The van der Waals surface area contributed by atoms with Crippen LogP contribution in [0, 0.1) is 0 Å². The van der Waals surface area contributed by atoms with Gasteiger partial charge in [0.1, 0.15) is 5.75 Å². The third kappa shape index (κ3) is 3.47. The zero-order valence-corrected chi connectivity index (χ0v) is 13.5. The van der Waals surface area contributed by atoms with Gasteiger partial charge in [0.15, 0.2) is 0 Å². The maximum Gasteiger partial charge on any atom is 0.254 e. The molecule has 2 heterocycles. The number of benzene rings is 1. The van der Waals surface area contributed by atoms with E-state index >= 15 is 0 Å². The van der Waals surface area contributed by atoms with E-state index in [1.54, 1.807) is 31.2 Å². The minimum atomic E-state index is -0.0648. The first kappa shape index (κ1) is 15.4. The van der Waals surface area contributed by atoms with Gasteiger partial charge in [0.05, 0.1) is 24.6 Å². The first-order valence-electron chi connectivity index (χ1n) is 7.85. The van der Waals surface area contributed by atoms with Gasteiger partial charge in [0.2, 0.25) is 0 Å². The molecular weight excluding hydrogens is 292 g/mol. The number of carbonyl (C=O) groups excluding carboxylic acids is 1. The van der Waals surface area contributed by atoms with Gasteiger partial charge in [-0.2, -0.15) is 5.10 Å². The summed E-state index contributed by atoms with van der Waals surface area (Å²) < 4.78 is 7.08. The lowest BCUT2D eigenvalue weighted by Crippen LogP contribution is -2.47. The molecule has 1 aliphatic heterocycles. The monoisotopic (exact) mass is 314 g/mol. The number of hydrogen-bond donors (Lipinski definition) is 1. The number of amides is 1. The summed E-state index contributed by atoms with van der Waals surface area (Å²) in [4.78, 5) is 14.6. The van der Waals surface area contributed by atoms with Crippen LogP contribution in [-0.2, 0) is 7.05 Å². The van der Waals surface area contributed by atoms with Crippen molar-refractivity contribution in [1.29, 1.82) is 0 Å². The minimum absolute atomic E-state index is 0.0648. The molecule has 122 valence electrons. The molecule has 0 aliphatic carbocycles. The molecule has 1 aromatic heterocycles. The normalized spacial score (nSPS) is 17.8. The maximum absolute atomic E-state index is 12.3. The van der Waals surface area contributed by atoms with Gasteiger partial charge in [0, 0.05) is 32.4 Å². The van der Waals surface area contributed by atoms with E-state index in [0.717, 1.165) is 37.4 Å². The van der Waals surface area contributed by atoms with E-state index in [-0.39, 0.29) is 11.9 Å². The van der Waals surface area contributed by atoms with Crippen molar-refractivity contribution in [3.8, 4) is 5.75 Å². The lowest BCUT2D eigenvalue weighted by molar-refractivity contribution is 0.0933. The van der Waals surface area contributed by atoms with E-state index in [1.165, 1.54) is 0 Å². The van der Waals surface area contributed by atoms with Crippen molar-refractivity contribution in [2.24, 2.45) is 7.05 Å². The summed E-state index contributed by atoms with van der Waals surface area (Å²) in [5.74, 6) is 0.803. The fraction of sp³-hybridized carbons (Fsp3) is 0.412. The molecule has 2 aromatic rings. The zero-order valence-electron chi connectivity index (χ0n) is 13.5. The van der Waals surface area contributed by atoms with Gasteiger partial charge in [-0.15, -0.1) is 0 Å². The van der Waals surface area contributed by atoms with E-state index in [2.05, 4.69) is 21.4 Å². The Hall–Kier alpha value is -2.50. The van der Waals surface area contributed by atoms with Gasteiger partial charge >= 0.3 is 0 Å². The van der Waals surface area contributed by atoms with Crippen LogP contribution in [0.1, 0.15) is 23.2 Å². The van der Waals surface area contributed by atoms with Crippen molar-refractivity contribution >= 4 is 11.6 Å². The SMILES string of the molecule is COc1ccccc1N1CCC[C@@H](NC(=O)c2cnn(C)c2)C1. The highest BCUT2D eigenvalue weighted by Crippen LogP contribution is 2.29. The number of carbonyl (C=O) groups is 1. The van der Waals surface area contributed by atoms with Crippen LogP contribution in [0.25, 0.3) is 0 Å². The van der Waals surface area contributed by atoms with Crippen LogP contribution >= 0.6 is 0 Å².